The highest BCUT2D eigenvalue weighted by molar-refractivity contribution is 5.85. The zero-order valence-corrected chi connectivity index (χ0v) is 14.0. The Kier molecular flexibility index (Phi) is 8.29. The average molecular weight is 355 g/mol. The van der Waals surface area contributed by atoms with Gasteiger partial charge in [0.2, 0.25) is 0 Å². The van der Waals surface area contributed by atoms with Crippen LogP contribution in [-0.4, -0.2) is 31.1 Å². The van der Waals surface area contributed by atoms with Crippen molar-refractivity contribution in [3.05, 3.63) is 34.9 Å². The number of hydrogen-bond donors (Lipinski definition) is 1. The number of piperazine rings is 1. The summed E-state index contributed by atoms with van der Waals surface area (Å²) in [6.07, 6.45) is 3.15. The maximum Gasteiger partial charge on any atom is 0.166 e. The number of rotatable bonds is 6. The standard InChI is InChI=1S/C16H22F4N2.ClH/c1-2-3-4-5-13(22-8-6-21-7-9-22)14-15(19)11(17)10-12(18)16(14)20;/h10,13,21H,2-9H2,1H3;1H/t13-;/m1./s1. The molecule has 1 N–H and O–H groups in total. The van der Waals surface area contributed by atoms with Crippen molar-refractivity contribution in [2.45, 2.75) is 38.6 Å². The van der Waals surface area contributed by atoms with Crippen molar-refractivity contribution in [3.8, 4) is 0 Å². The second-order valence-electron chi connectivity index (χ2n) is 5.68. The summed E-state index contributed by atoms with van der Waals surface area (Å²) in [5, 5.41) is 3.16. The van der Waals surface area contributed by atoms with Crippen LogP contribution in [0, 0.1) is 23.3 Å². The minimum Gasteiger partial charge on any atom is -0.314 e. The lowest BCUT2D eigenvalue weighted by Gasteiger charge is -2.35. The van der Waals surface area contributed by atoms with E-state index in [9.17, 15) is 17.6 Å². The van der Waals surface area contributed by atoms with E-state index in [0.29, 0.717) is 32.6 Å². The Hall–Kier alpha value is -0.850. The summed E-state index contributed by atoms with van der Waals surface area (Å²) >= 11 is 0. The summed E-state index contributed by atoms with van der Waals surface area (Å²) in [6.45, 7) is 4.64. The molecule has 1 aromatic rings. The average Bonchev–Trinajstić information content (AvgIpc) is 2.52. The first-order valence-electron chi connectivity index (χ1n) is 7.84. The second kappa shape index (κ2) is 9.45. The van der Waals surface area contributed by atoms with Crippen molar-refractivity contribution >= 4 is 12.4 Å². The molecule has 1 atom stereocenters. The van der Waals surface area contributed by atoms with Crippen molar-refractivity contribution in [2.24, 2.45) is 0 Å². The van der Waals surface area contributed by atoms with E-state index in [1.54, 1.807) is 0 Å². The van der Waals surface area contributed by atoms with Gasteiger partial charge in [-0.25, -0.2) is 17.6 Å². The van der Waals surface area contributed by atoms with Crippen LogP contribution in [0.15, 0.2) is 6.07 Å². The molecular formula is C16H23ClF4N2. The third kappa shape index (κ3) is 4.81. The van der Waals surface area contributed by atoms with Gasteiger partial charge in [0.25, 0.3) is 0 Å². The second-order valence-corrected chi connectivity index (χ2v) is 5.68. The summed E-state index contributed by atoms with van der Waals surface area (Å²) in [5.41, 5.74) is -0.462. The highest BCUT2D eigenvalue weighted by Crippen LogP contribution is 2.33. The minimum atomic E-state index is -1.33. The molecule has 132 valence electrons. The fraction of sp³-hybridized carbons (Fsp3) is 0.625. The SMILES string of the molecule is CCCCC[C@H](c1c(F)c(F)cc(F)c1F)N1CCNCC1.Cl. The van der Waals surface area contributed by atoms with E-state index in [0.717, 1.165) is 19.3 Å². The number of nitrogens with zero attached hydrogens (tertiary/aromatic N) is 1. The van der Waals surface area contributed by atoms with E-state index in [-0.39, 0.29) is 18.5 Å². The molecule has 1 aliphatic rings. The van der Waals surface area contributed by atoms with Crippen LogP contribution in [0.3, 0.4) is 0 Å². The Morgan fingerprint density at radius 2 is 1.61 bits per heavy atom. The quantitative estimate of drug-likeness (QED) is 0.468. The molecule has 0 saturated carbocycles. The van der Waals surface area contributed by atoms with Gasteiger partial charge in [0, 0.05) is 43.9 Å². The summed E-state index contributed by atoms with van der Waals surface area (Å²) in [7, 11) is 0. The molecule has 7 heteroatoms. The van der Waals surface area contributed by atoms with E-state index in [1.807, 2.05) is 11.8 Å². The summed E-state index contributed by atoms with van der Waals surface area (Å²) in [5.74, 6) is -5.19. The van der Waals surface area contributed by atoms with Crippen LogP contribution < -0.4 is 5.32 Å². The third-order valence-electron chi connectivity index (χ3n) is 4.15. The van der Waals surface area contributed by atoms with E-state index in [4.69, 9.17) is 0 Å². The molecule has 1 fully saturated rings. The van der Waals surface area contributed by atoms with Crippen molar-refractivity contribution < 1.29 is 17.6 Å². The Balaban J connectivity index is 0.00000264. The number of halogens is 5. The van der Waals surface area contributed by atoms with Gasteiger partial charge in [-0.15, -0.1) is 12.4 Å². The lowest BCUT2D eigenvalue weighted by molar-refractivity contribution is 0.154. The van der Waals surface area contributed by atoms with E-state index < -0.39 is 34.9 Å². The Bertz CT molecular complexity index is 481. The maximum atomic E-state index is 14.1. The molecule has 0 unspecified atom stereocenters. The molecule has 2 nitrogen and oxygen atoms in total. The molecule has 0 spiro atoms. The molecule has 1 saturated heterocycles. The van der Waals surface area contributed by atoms with Gasteiger partial charge in [-0.2, -0.15) is 0 Å². The topological polar surface area (TPSA) is 15.3 Å². The molecule has 0 aromatic heterocycles. The van der Waals surface area contributed by atoms with E-state index in [2.05, 4.69) is 5.32 Å². The monoisotopic (exact) mass is 354 g/mol. The predicted molar refractivity (Wildman–Crippen MR) is 84.8 cm³/mol. The zero-order valence-electron chi connectivity index (χ0n) is 13.2. The Morgan fingerprint density at radius 3 is 2.13 bits per heavy atom. The summed E-state index contributed by atoms with van der Waals surface area (Å²) in [4.78, 5) is 1.91. The van der Waals surface area contributed by atoms with Crippen molar-refractivity contribution in [1.82, 2.24) is 10.2 Å². The Morgan fingerprint density at radius 1 is 1.04 bits per heavy atom. The van der Waals surface area contributed by atoms with Crippen LogP contribution in [-0.2, 0) is 0 Å². The number of unbranched alkanes of at least 4 members (excludes halogenated alkanes) is 2. The van der Waals surface area contributed by atoms with Gasteiger partial charge in [0.05, 0.1) is 0 Å². The lowest BCUT2D eigenvalue weighted by atomic mass is 9.96. The largest absolute Gasteiger partial charge is 0.314 e. The number of benzene rings is 1. The van der Waals surface area contributed by atoms with Crippen molar-refractivity contribution in [2.75, 3.05) is 26.2 Å². The molecule has 0 radical (unpaired) electrons. The van der Waals surface area contributed by atoms with E-state index >= 15 is 0 Å². The minimum absolute atomic E-state index is 0. The molecule has 0 amide bonds. The van der Waals surface area contributed by atoms with E-state index in [1.165, 1.54) is 0 Å². The lowest BCUT2D eigenvalue weighted by Crippen LogP contribution is -2.45. The molecule has 1 aromatic carbocycles. The van der Waals surface area contributed by atoms with Crippen LogP contribution in [0.5, 0.6) is 0 Å². The summed E-state index contributed by atoms with van der Waals surface area (Å²) in [6, 6.07) is -0.353. The smallest absolute Gasteiger partial charge is 0.166 e. The first-order valence-corrected chi connectivity index (χ1v) is 7.84. The van der Waals surface area contributed by atoms with Crippen molar-refractivity contribution in [3.63, 3.8) is 0 Å². The summed E-state index contributed by atoms with van der Waals surface area (Å²) < 4.78 is 55.3. The highest BCUT2D eigenvalue weighted by atomic mass is 35.5. The highest BCUT2D eigenvalue weighted by Gasteiger charge is 2.30. The van der Waals surface area contributed by atoms with Gasteiger partial charge < -0.3 is 5.32 Å². The number of hydrogen-bond acceptors (Lipinski definition) is 2. The van der Waals surface area contributed by atoms with Crippen molar-refractivity contribution in [1.29, 1.82) is 0 Å². The maximum absolute atomic E-state index is 14.1. The van der Waals surface area contributed by atoms with Gasteiger partial charge in [-0.3, -0.25) is 4.90 Å². The number of nitrogens with one attached hydrogen (secondary N) is 1. The fourth-order valence-electron chi connectivity index (χ4n) is 2.98. The fourth-order valence-corrected chi connectivity index (χ4v) is 2.98. The zero-order chi connectivity index (χ0) is 16.1. The molecule has 1 heterocycles. The van der Waals surface area contributed by atoms with Crippen LogP contribution in [0.25, 0.3) is 0 Å². The normalized spacial score (nSPS) is 16.9. The van der Waals surface area contributed by atoms with Gasteiger partial charge in [-0.1, -0.05) is 26.2 Å². The third-order valence-corrected chi connectivity index (χ3v) is 4.15. The molecule has 1 aliphatic heterocycles. The predicted octanol–water partition coefficient (Wildman–Crippen LogP) is 4.19. The van der Waals surface area contributed by atoms with Crippen LogP contribution in [0.4, 0.5) is 17.6 Å². The van der Waals surface area contributed by atoms with Gasteiger partial charge in [0.15, 0.2) is 23.3 Å². The van der Waals surface area contributed by atoms with Gasteiger partial charge in [-0.05, 0) is 6.42 Å². The van der Waals surface area contributed by atoms with Crippen LogP contribution in [0.2, 0.25) is 0 Å². The van der Waals surface area contributed by atoms with Gasteiger partial charge in [0.1, 0.15) is 0 Å². The molecule has 0 bridgehead atoms. The molecule has 2 rings (SSSR count). The Labute approximate surface area is 140 Å². The first-order chi connectivity index (χ1) is 10.6. The molecule has 0 aliphatic carbocycles. The first kappa shape index (κ1) is 20.2. The van der Waals surface area contributed by atoms with Crippen LogP contribution >= 0.6 is 12.4 Å². The molecule has 23 heavy (non-hydrogen) atoms. The van der Waals surface area contributed by atoms with Crippen LogP contribution in [0.1, 0.15) is 44.2 Å². The van der Waals surface area contributed by atoms with Gasteiger partial charge >= 0.3 is 0 Å². The molecular weight excluding hydrogens is 332 g/mol.